The highest BCUT2D eigenvalue weighted by molar-refractivity contribution is 6.07. The van der Waals surface area contributed by atoms with Gasteiger partial charge in [-0.25, -0.2) is 0 Å². The summed E-state index contributed by atoms with van der Waals surface area (Å²) in [6.45, 7) is 0.622. The van der Waals surface area contributed by atoms with Crippen LogP contribution in [0.25, 0.3) is 0 Å². The molecule has 1 N–H and O–H groups in total. The molecule has 5 heteroatoms. The van der Waals surface area contributed by atoms with E-state index in [4.69, 9.17) is 0 Å². The van der Waals surface area contributed by atoms with E-state index in [1.807, 2.05) is 12.2 Å². The normalized spacial score (nSPS) is 43.1. The minimum Gasteiger partial charge on any atom is -0.354 e. The summed E-state index contributed by atoms with van der Waals surface area (Å²) in [5.74, 6) is 1.59. The fourth-order valence-corrected chi connectivity index (χ4v) is 7.02. The van der Waals surface area contributed by atoms with Crippen molar-refractivity contribution in [3.05, 3.63) is 12.2 Å². The topological polar surface area (TPSA) is 66.5 Å². The number of rotatable bonds is 4. The van der Waals surface area contributed by atoms with Gasteiger partial charge in [0.1, 0.15) is 6.54 Å². The van der Waals surface area contributed by atoms with E-state index in [0.717, 1.165) is 24.3 Å². The van der Waals surface area contributed by atoms with Gasteiger partial charge in [0.15, 0.2) is 0 Å². The smallest absolute Gasteiger partial charge is 0.240 e. The third-order valence-electron chi connectivity index (χ3n) is 7.73. The summed E-state index contributed by atoms with van der Waals surface area (Å²) >= 11 is 0. The van der Waals surface area contributed by atoms with Crippen molar-refractivity contribution in [1.82, 2.24) is 10.2 Å². The molecule has 3 amide bonds. The van der Waals surface area contributed by atoms with Crippen LogP contribution in [0.5, 0.6) is 0 Å². The highest BCUT2D eigenvalue weighted by Crippen LogP contribution is 2.59. The molecule has 6 rings (SSSR count). The SMILES string of the molecule is O=C(CN1C(=O)[C@H]2CC=CC[C@H]2C1=O)NCC12CC3CC(CC(C3)C1)C2. The molecule has 4 saturated carbocycles. The van der Waals surface area contributed by atoms with Gasteiger partial charge < -0.3 is 5.32 Å². The summed E-state index contributed by atoms with van der Waals surface area (Å²) < 4.78 is 0. The number of nitrogens with one attached hydrogen (secondary N) is 1. The summed E-state index contributed by atoms with van der Waals surface area (Å²) in [4.78, 5) is 38.7. The Morgan fingerprint density at radius 1 is 0.962 bits per heavy atom. The van der Waals surface area contributed by atoms with E-state index in [1.165, 1.54) is 43.4 Å². The number of amides is 3. The Balaban J connectivity index is 1.20. The number of likely N-dealkylation sites (tertiary alicyclic amines) is 1. The standard InChI is InChI=1S/C21H28N2O3/c24-18(11-23-19(25)16-3-1-2-4-17(16)20(23)26)22-12-21-8-13-5-14(9-21)7-15(6-13)10-21/h1-2,13-17H,3-12H2,(H,22,24)/t13?,14?,15?,16-,17+,21?. The van der Waals surface area contributed by atoms with E-state index in [2.05, 4.69) is 5.32 Å². The van der Waals surface area contributed by atoms with Crippen LogP contribution < -0.4 is 5.32 Å². The molecule has 5 aliphatic carbocycles. The van der Waals surface area contributed by atoms with Crippen LogP contribution in [-0.2, 0) is 14.4 Å². The lowest BCUT2D eigenvalue weighted by Gasteiger charge is -2.56. The van der Waals surface area contributed by atoms with Gasteiger partial charge in [-0.2, -0.15) is 0 Å². The van der Waals surface area contributed by atoms with E-state index in [-0.39, 0.29) is 41.5 Å². The number of imide groups is 1. The maximum absolute atomic E-state index is 12.5. The lowest BCUT2D eigenvalue weighted by molar-refractivity contribution is -0.144. The molecule has 1 saturated heterocycles. The second-order valence-electron chi connectivity index (χ2n) is 9.61. The summed E-state index contributed by atoms with van der Waals surface area (Å²) in [6.07, 6.45) is 13.1. The molecule has 0 aromatic rings. The monoisotopic (exact) mass is 356 g/mol. The summed E-state index contributed by atoms with van der Waals surface area (Å²) in [5, 5.41) is 3.09. The van der Waals surface area contributed by atoms with Gasteiger partial charge in [0.05, 0.1) is 11.8 Å². The molecular weight excluding hydrogens is 328 g/mol. The Bertz CT molecular complexity index is 621. The molecule has 1 heterocycles. The summed E-state index contributed by atoms with van der Waals surface area (Å²) in [6, 6.07) is 0. The molecule has 4 bridgehead atoms. The number of allylic oxidation sites excluding steroid dienone is 2. The number of carbonyl (C=O) groups excluding carboxylic acids is 3. The van der Waals surface area contributed by atoms with Gasteiger partial charge in [-0.3, -0.25) is 19.3 Å². The van der Waals surface area contributed by atoms with Crippen molar-refractivity contribution < 1.29 is 14.4 Å². The van der Waals surface area contributed by atoms with E-state index < -0.39 is 0 Å². The average molecular weight is 356 g/mol. The Hall–Kier alpha value is -1.65. The predicted molar refractivity (Wildman–Crippen MR) is 95.7 cm³/mol. The summed E-state index contributed by atoms with van der Waals surface area (Å²) in [5.41, 5.74) is 0.279. The fourth-order valence-electron chi connectivity index (χ4n) is 7.02. The molecule has 5 nitrogen and oxygen atoms in total. The number of nitrogens with zero attached hydrogens (tertiary/aromatic N) is 1. The number of hydrogen-bond donors (Lipinski definition) is 1. The van der Waals surface area contributed by atoms with E-state index >= 15 is 0 Å². The molecule has 5 fully saturated rings. The van der Waals surface area contributed by atoms with E-state index in [0.29, 0.717) is 12.8 Å². The van der Waals surface area contributed by atoms with Gasteiger partial charge in [0.25, 0.3) is 0 Å². The highest BCUT2D eigenvalue weighted by Gasteiger charge is 2.51. The van der Waals surface area contributed by atoms with Crippen molar-refractivity contribution in [3.8, 4) is 0 Å². The second kappa shape index (κ2) is 5.93. The van der Waals surface area contributed by atoms with Crippen molar-refractivity contribution in [2.75, 3.05) is 13.1 Å². The van der Waals surface area contributed by atoms with Crippen molar-refractivity contribution in [3.63, 3.8) is 0 Å². The molecule has 0 aromatic heterocycles. The first-order valence-electron chi connectivity index (χ1n) is 10.3. The van der Waals surface area contributed by atoms with Crippen molar-refractivity contribution in [1.29, 1.82) is 0 Å². The van der Waals surface area contributed by atoms with Crippen molar-refractivity contribution >= 4 is 17.7 Å². The maximum Gasteiger partial charge on any atom is 0.240 e. The van der Waals surface area contributed by atoms with Crippen LogP contribution in [-0.4, -0.2) is 35.7 Å². The van der Waals surface area contributed by atoms with Crippen LogP contribution in [0, 0.1) is 35.0 Å². The average Bonchev–Trinajstić information content (AvgIpc) is 2.84. The first-order valence-corrected chi connectivity index (χ1v) is 10.3. The molecule has 0 radical (unpaired) electrons. The molecule has 1 aliphatic heterocycles. The van der Waals surface area contributed by atoms with Crippen molar-refractivity contribution in [2.24, 2.45) is 35.0 Å². The van der Waals surface area contributed by atoms with Crippen LogP contribution in [0.2, 0.25) is 0 Å². The lowest BCUT2D eigenvalue weighted by atomic mass is 9.49. The van der Waals surface area contributed by atoms with Gasteiger partial charge in [0, 0.05) is 6.54 Å². The fraction of sp³-hybridized carbons (Fsp3) is 0.762. The quantitative estimate of drug-likeness (QED) is 0.621. The largest absolute Gasteiger partial charge is 0.354 e. The van der Waals surface area contributed by atoms with Gasteiger partial charge in [0.2, 0.25) is 17.7 Å². The van der Waals surface area contributed by atoms with Crippen LogP contribution in [0.3, 0.4) is 0 Å². The second-order valence-corrected chi connectivity index (χ2v) is 9.61. The molecule has 0 unspecified atom stereocenters. The minimum atomic E-state index is -0.247. The zero-order chi connectivity index (χ0) is 17.9. The Labute approximate surface area is 154 Å². The Morgan fingerprint density at radius 2 is 1.46 bits per heavy atom. The molecule has 140 valence electrons. The third-order valence-corrected chi connectivity index (χ3v) is 7.73. The van der Waals surface area contributed by atoms with Crippen LogP contribution in [0.15, 0.2) is 12.2 Å². The molecule has 6 aliphatic rings. The van der Waals surface area contributed by atoms with Crippen molar-refractivity contribution in [2.45, 2.75) is 51.4 Å². The van der Waals surface area contributed by atoms with Crippen LogP contribution >= 0.6 is 0 Å². The minimum absolute atomic E-state index is 0.100. The van der Waals surface area contributed by atoms with Gasteiger partial charge in [-0.05, 0) is 74.5 Å². The number of carbonyl (C=O) groups is 3. The summed E-state index contributed by atoms with van der Waals surface area (Å²) in [7, 11) is 0. The Morgan fingerprint density at radius 3 is 1.96 bits per heavy atom. The third kappa shape index (κ3) is 2.62. The first kappa shape index (κ1) is 16.5. The Kier molecular flexibility index (Phi) is 3.77. The molecular formula is C21H28N2O3. The molecule has 2 atom stereocenters. The zero-order valence-electron chi connectivity index (χ0n) is 15.3. The number of hydrogen-bond acceptors (Lipinski definition) is 3. The van der Waals surface area contributed by atoms with Gasteiger partial charge in [-0.1, -0.05) is 12.2 Å². The highest BCUT2D eigenvalue weighted by atomic mass is 16.2. The lowest BCUT2D eigenvalue weighted by Crippen LogP contribution is -2.52. The first-order chi connectivity index (χ1) is 12.5. The molecule has 0 spiro atoms. The zero-order valence-corrected chi connectivity index (χ0v) is 15.3. The predicted octanol–water partition coefficient (Wildman–Crippen LogP) is 2.27. The maximum atomic E-state index is 12.5. The van der Waals surface area contributed by atoms with E-state index in [9.17, 15) is 14.4 Å². The van der Waals surface area contributed by atoms with Crippen LogP contribution in [0.4, 0.5) is 0 Å². The molecule has 26 heavy (non-hydrogen) atoms. The number of fused-ring (bicyclic) bond motifs is 1. The van der Waals surface area contributed by atoms with Gasteiger partial charge in [-0.15, -0.1) is 0 Å². The van der Waals surface area contributed by atoms with E-state index in [1.54, 1.807) is 0 Å². The molecule has 0 aromatic carbocycles. The van der Waals surface area contributed by atoms with Gasteiger partial charge >= 0.3 is 0 Å². The van der Waals surface area contributed by atoms with Crippen LogP contribution in [0.1, 0.15) is 51.4 Å².